The Hall–Kier alpha value is -1.41. The maximum absolute atomic E-state index is 12.0. The first-order chi connectivity index (χ1) is 10.3. The van der Waals surface area contributed by atoms with Gasteiger partial charge >= 0.3 is 0 Å². The van der Waals surface area contributed by atoms with Gasteiger partial charge in [0.1, 0.15) is 0 Å². The van der Waals surface area contributed by atoms with Crippen molar-refractivity contribution in [3.05, 3.63) is 17.5 Å². The molecule has 0 saturated carbocycles. The summed E-state index contributed by atoms with van der Waals surface area (Å²) in [5, 5.41) is 7.29. The molecule has 1 aromatic heterocycles. The zero-order valence-electron chi connectivity index (χ0n) is 12.9. The number of aryl methyl sites for hydroxylation is 2. The van der Waals surface area contributed by atoms with Gasteiger partial charge in [-0.2, -0.15) is 5.10 Å². The Morgan fingerprint density at radius 2 is 2.14 bits per heavy atom. The maximum atomic E-state index is 12.0. The lowest BCUT2D eigenvalue weighted by molar-refractivity contribution is -0.124. The summed E-state index contributed by atoms with van der Waals surface area (Å²) >= 11 is 0. The summed E-state index contributed by atoms with van der Waals surface area (Å²) in [4.78, 5) is 14.0. The van der Waals surface area contributed by atoms with E-state index in [0.29, 0.717) is 19.0 Å². The van der Waals surface area contributed by atoms with Crippen molar-refractivity contribution in [2.24, 2.45) is 0 Å². The molecule has 2 aliphatic heterocycles. The number of sulfone groups is 1. The molecule has 1 amide bonds. The van der Waals surface area contributed by atoms with Gasteiger partial charge in [0, 0.05) is 24.8 Å². The van der Waals surface area contributed by atoms with Gasteiger partial charge in [-0.25, -0.2) is 8.42 Å². The van der Waals surface area contributed by atoms with E-state index in [2.05, 4.69) is 21.4 Å². The minimum Gasteiger partial charge on any atom is -0.351 e. The second kappa shape index (κ2) is 5.66. The first-order valence-electron chi connectivity index (χ1n) is 7.57. The first kappa shape index (κ1) is 15.5. The van der Waals surface area contributed by atoms with E-state index in [-0.39, 0.29) is 23.5 Å². The smallest absolute Gasteiger partial charge is 0.234 e. The molecule has 7 nitrogen and oxygen atoms in total. The normalized spacial score (nSPS) is 25.1. The van der Waals surface area contributed by atoms with Crippen molar-refractivity contribution in [2.45, 2.75) is 32.4 Å². The molecule has 0 aromatic carbocycles. The predicted octanol–water partition coefficient (Wildman–Crippen LogP) is -0.340. The molecular weight excluding hydrogens is 304 g/mol. The van der Waals surface area contributed by atoms with E-state index in [1.54, 1.807) is 0 Å². The van der Waals surface area contributed by atoms with Crippen LogP contribution in [-0.4, -0.2) is 66.2 Å². The van der Waals surface area contributed by atoms with E-state index in [4.69, 9.17) is 0 Å². The van der Waals surface area contributed by atoms with E-state index < -0.39 is 9.84 Å². The maximum Gasteiger partial charge on any atom is 0.234 e. The molecule has 2 aliphatic rings. The van der Waals surface area contributed by atoms with E-state index in [9.17, 15) is 13.2 Å². The fourth-order valence-corrected chi connectivity index (χ4v) is 4.90. The van der Waals surface area contributed by atoms with E-state index in [1.807, 2.05) is 18.5 Å². The predicted molar refractivity (Wildman–Crippen MR) is 82.4 cm³/mol. The van der Waals surface area contributed by atoms with Crippen LogP contribution in [0.5, 0.6) is 0 Å². The number of amides is 1. The zero-order chi connectivity index (χ0) is 15.9. The van der Waals surface area contributed by atoms with Crippen LogP contribution in [0.25, 0.3) is 0 Å². The van der Waals surface area contributed by atoms with Crippen LogP contribution in [0, 0.1) is 13.8 Å². The summed E-state index contributed by atoms with van der Waals surface area (Å²) in [6.07, 6.45) is 0.530. The van der Waals surface area contributed by atoms with Gasteiger partial charge in [0.25, 0.3) is 0 Å². The molecular formula is C14H22N4O3S. The summed E-state index contributed by atoms with van der Waals surface area (Å²) in [5.41, 5.74) is 2.15. The third kappa shape index (κ3) is 3.33. The minimum absolute atomic E-state index is 0.0765. The highest BCUT2D eigenvalue weighted by Crippen LogP contribution is 2.22. The van der Waals surface area contributed by atoms with E-state index >= 15 is 0 Å². The third-order valence-electron chi connectivity index (χ3n) is 4.29. The average Bonchev–Trinajstić information content (AvgIpc) is 2.85. The number of carbonyl (C=O) groups excluding carboxylic acids is 1. The number of hydrogen-bond donors (Lipinski definition) is 1. The monoisotopic (exact) mass is 326 g/mol. The Balaban J connectivity index is 1.44. The standard InChI is InChI=1S/C14H22N4O3S/c1-10-5-11(2)18(16-10)13-6-17(7-13)8-14(19)15-12-3-4-22(20,21)9-12/h5,12-13H,3-4,6-9H2,1-2H3,(H,15,19). The van der Waals surface area contributed by atoms with Crippen LogP contribution in [0.2, 0.25) is 0 Å². The molecule has 1 aromatic rings. The molecule has 8 heteroatoms. The number of nitrogens with one attached hydrogen (secondary N) is 1. The Morgan fingerprint density at radius 3 is 2.68 bits per heavy atom. The fraction of sp³-hybridized carbons (Fsp3) is 0.714. The Morgan fingerprint density at radius 1 is 1.41 bits per heavy atom. The zero-order valence-corrected chi connectivity index (χ0v) is 13.8. The summed E-state index contributed by atoms with van der Waals surface area (Å²) in [7, 11) is -2.95. The summed E-state index contributed by atoms with van der Waals surface area (Å²) in [5.74, 6) is 0.170. The first-order valence-corrected chi connectivity index (χ1v) is 9.39. The van der Waals surface area contributed by atoms with Gasteiger partial charge < -0.3 is 5.32 Å². The van der Waals surface area contributed by atoms with Crippen molar-refractivity contribution in [1.29, 1.82) is 0 Å². The van der Waals surface area contributed by atoms with Gasteiger partial charge in [0.15, 0.2) is 9.84 Å². The lowest BCUT2D eigenvalue weighted by Crippen LogP contribution is -2.53. The van der Waals surface area contributed by atoms with Gasteiger partial charge in [-0.05, 0) is 26.3 Å². The van der Waals surface area contributed by atoms with Crippen molar-refractivity contribution >= 4 is 15.7 Å². The topological polar surface area (TPSA) is 84.3 Å². The van der Waals surface area contributed by atoms with Gasteiger partial charge in [-0.1, -0.05) is 0 Å². The molecule has 2 fully saturated rings. The molecule has 2 saturated heterocycles. The number of rotatable bonds is 4. The van der Waals surface area contributed by atoms with Crippen LogP contribution >= 0.6 is 0 Å². The Bertz CT molecular complexity index is 676. The second-order valence-electron chi connectivity index (χ2n) is 6.39. The van der Waals surface area contributed by atoms with Crippen molar-refractivity contribution in [2.75, 3.05) is 31.1 Å². The average molecular weight is 326 g/mol. The van der Waals surface area contributed by atoms with Crippen molar-refractivity contribution in [3.8, 4) is 0 Å². The lowest BCUT2D eigenvalue weighted by Gasteiger charge is -2.39. The van der Waals surface area contributed by atoms with Gasteiger partial charge in [-0.3, -0.25) is 14.4 Å². The van der Waals surface area contributed by atoms with E-state index in [1.165, 1.54) is 0 Å². The second-order valence-corrected chi connectivity index (χ2v) is 8.62. The van der Waals surface area contributed by atoms with Crippen LogP contribution in [0.1, 0.15) is 23.9 Å². The SMILES string of the molecule is Cc1cc(C)n(C2CN(CC(=O)NC3CCS(=O)(=O)C3)C2)n1. The molecule has 122 valence electrons. The number of nitrogens with zero attached hydrogens (tertiary/aromatic N) is 3. The molecule has 0 spiro atoms. The molecule has 1 unspecified atom stereocenters. The Kier molecular flexibility index (Phi) is 3.98. The van der Waals surface area contributed by atoms with Crippen molar-refractivity contribution in [1.82, 2.24) is 20.0 Å². The highest BCUT2D eigenvalue weighted by atomic mass is 32.2. The summed E-state index contributed by atoms with van der Waals surface area (Å²) in [6.45, 7) is 5.95. The van der Waals surface area contributed by atoms with E-state index in [0.717, 1.165) is 24.5 Å². The number of likely N-dealkylation sites (tertiary alicyclic amines) is 1. The van der Waals surface area contributed by atoms with Gasteiger partial charge in [0.2, 0.25) is 5.91 Å². The quantitative estimate of drug-likeness (QED) is 0.818. The van der Waals surface area contributed by atoms with Crippen molar-refractivity contribution < 1.29 is 13.2 Å². The molecule has 1 N–H and O–H groups in total. The molecule has 0 bridgehead atoms. The lowest BCUT2D eigenvalue weighted by atomic mass is 10.1. The number of carbonyl (C=O) groups is 1. The Labute approximate surface area is 130 Å². The molecule has 22 heavy (non-hydrogen) atoms. The number of hydrogen-bond acceptors (Lipinski definition) is 5. The largest absolute Gasteiger partial charge is 0.351 e. The molecule has 0 radical (unpaired) electrons. The summed E-state index contributed by atoms with van der Waals surface area (Å²) in [6, 6.07) is 2.16. The molecule has 3 rings (SSSR count). The van der Waals surface area contributed by atoms with Crippen LogP contribution in [0.4, 0.5) is 0 Å². The molecule has 3 heterocycles. The molecule has 0 aliphatic carbocycles. The van der Waals surface area contributed by atoms with Gasteiger partial charge in [-0.15, -0.1) is 0 Å². The van der Waals surface area contributed by atoms with Crippen molar-refractivity contribution in [3.63, 3.8) is 0 Å². The minimum atomic E-state index is -2.95. The van der Waals surface area contributed by atoms with Crippen LogP contribution in [0.15, 0.2) is 6.07 Å². The third-order valence-corrected chi connectivity index (χ3v) is 6.06. The van der Waals surface area contributed by atoms with Crippen LogP contribution < -0.4 is 5.32 Å². The van der Waals surface area contributed by atoms with Crippen LogP contribution in [-0.2, 0) is 14.6 Å². The molecule has 1 atom stereocenters. The van der Waals surface area contributed by atoms with Crippen LogP contribution in [0.3, 0.4) is 0 Å². The number of aromatic nitrogens is 2. The highest BCUT2D eigenvalue weighted by Gasteiger charge is 2.33. The highest BCUT2D eigenvalue weighted by molar-refractivity contribution is 7.91. The van der Waals surface area contributed by atoms with Gasteiger partial charge in [0.05, 0.1) is 29.8 Å². The summed E-state index contributed by atoms with van der Waals surface area (Å²) < 4.78 is 24.8. The fourth-order valence-electron chi connectivity index (χ4n) is 3.23.